The van der Waals surface area contributed by atoms with Gasteiger partial charge in [0.25, 0.3) is 5.91 Å². The Balaban J connectivity index is 1.37. The number of aryl methyl sites for hydroxylation is 1. The second-order valence-electron chi connectivity index (χ2n) is 9.12. The van der Waals surface area contributed by atoms with Gasteiger partial charge in [-0.25, -0.2) is 9.38 Å². The van der Waals surface area contributed by atoms with Crippen molar-refractivity contribution in [2.45, 2.75) is 6.42 Å². The fraction of sp³-hybridized carbons (Fsp3) is 0.133. The van der Waals surface area contributed by atoms with Gasteiger partial charge in [0, 0.05) is 58.9 Å². The summed E-state index contributed by atoms with van der Waals surface area (Å²) in [5.74, 6) is 0.903. The number of fused-ring (bicyclic) bond motifs is 2. The molecule has 0 saturated heterocycles. The summed E-state index contributed by atoms with van der Waals surface area (Å²) < 4.78 is 21.0. The quantitative estimate of drug-likeness (QED) is 0.310. The molecule has 1 aliphatic heterocycles. The molecule has 1 amide bonds. The molecule has 5 aromatic rings. The number of amidine groups is 1. The molecular formula is C30H25FN4O2. The van der Waals surface area contributed by atoms with Crippen LogP contribution in [0.1, 0.15) is 16.7 Å². The molecule has 184 valence electrons. The fourth-order valence-corrected chi connectivity index (χ4v) is 4.95. The number of aliphatic imine (C=N–C) groups is 1. The number of halogens is 1. The van der Waals surface area contributed by atoms with Crippen molar-refractivity contribution < 1.29 is 13.9 Å². The fourth-order valence-electron chi connectivity index (χ4n) is 4.95. The Morgan fingerprint density at radius 3 is 2.68 bits per heavy atom. The number of nitrogens with zero attached hydrogens (tertiary/aromatic N) is 3. The van der Waals surface area contributed by atoms with Crippen LogP contribution in [0, 0.1) is 5.82 Å². The van der Waals surface area contributed by atoms with E-state index < -0.39 is 0 Å². The van der Waals surface area contributed by atoms with Crippen molar-refractivity contribution in [3.63, 3.8) is 0 Å². The van der Waals surface area contributed by atoms with Crippen molar-refractivity contribution in [2.75, 3.05) is 13.7 Å². The first-order chi connectivity index (χ1) is 18.0. The number of hydrogen-bond acceptors (Lipinski definition) is 3. The van der Waals surface area contributed by atoms with Crippen LogP contribution in [0.2, 0.25) is 0 Å². The molecule has 0 spiro atoms. The van der Waals surface area contributed by atoms with Gasteiger partial charge in [-0.2, -0.15) is 0 Å². The molecule has 0 fully saturated rings. The summed E-state index contributed by atoms with van der Waals surface area (Å²) in [4.78, 5) is 23.3. The highest BCUT2D eigenvalue weighted by Gasteiger charge is 2.31. The summed E-state index contributed by atoms with van der Waals surface area (Å²) in [5.41, 5.74) is 5.01. The number of amides is 1. The average Bonchev–Trinajstić information content (AvgIpc) is 3.56. The van der Waals surface area contributed by atoms with E-state index in [4.69, 9.17) is 9.73 Å². The number of ether oxygens (including phenoxy) is 1. The number of aromatic amines is 1. The van der Waals surface area contributed by atoms with E-state index in [2.05, 4.69) is 11.1 Å². The standard InChI is InChI=1S/C30H25FN4O2/c1-34-18-21(25-5-3-4-6-28(25)34)15-27-30(36)35(29(33-27)19-7-10-23(37-2)11-8-19)14-13-20-17-32-26-16-22(31)9-12-24(20)26/h3-12,15-18,32H,13-14H2,1-2H3/b27-15-. The van der Waals surface area contributed by atoms with Crippen molar-refractivity contribution >= 4 is 39.6 Å². The Hall–Kier alpha value is -4.65. The van der Waals surface area contributed by atoms with Crippen LogP contribution < -0.4 is 4.74 Å². The van der Waals surface area contributed by atoms with Gasteiger partial charge in [-0.3, -0.25) is 9.69 Å². The number of para-hydroxylation sites is 1. The Bertz CT molecular complexity index is 1710. The zero-order chi connectivity index (χ0) is 25.5. The maximum atomic E-state index is 13.7. The Morgan fingerprint density at radius 1 is 1.05 bits per heavy atom. The monoisotopic (exact) mass is 492 g/mol. The third-order valence-electron chi connectivity index (χ3n) is 6.85. The van der Waals surface area contributed by atoms with Crippen LogP contribution in [0.4, 0.5) is 4.39 Å². The van der Waals surface area contributed by atoms with E-state index in [0.29, 0.717) is 24.5 Å². The summed E-state index contributed by atoms with van der Waals surface area (Å²) in [5, 5.41) is 2.01. The molecule has 0 atom stereocenters. The molecule has 3 heterocycles. The summed E-state index contributed by atoms with van der Waals surface area (Å²) in [6.45, 7) is 0.431. The topological polar surface area (TPSA) is 62.6 Å². The van der Waals surface area contributed by atoms with Crippen LogP contribution >= 0.6 is 0 Å². The molecule has 1 aliphatic rings. The van der Waals surface area contributed by atoms with E-state index in [1.807, 2.05) is 72.5 Å². The summed E-state index contributed by atoms with van der Waals surface area (Å²) >= 11 is 0. The van der Waals surface area contributed by atoms with Gasteiger partial charge in [-0.1, -0.05) is 18.2 Å². The number of carbonyl (C=O) groups is 1. The highest BCUT2D eigenvalue weighted by atomic mass is 19.1. The first kappa shape index (κ1) is 22.8. The number of hydrogen-bond donors (Lipinski definition) is 1. The highest BCUT2D eigenvalue weighted by Crippen LogP contribution is 2.28. The summed E-state index contributed by atoms with van der Waals surface area (Å²) in [7, 11) is 3.61. The molecule has 0 aliphatic carbocycles. The van der Waals surface area contributed by atoms with Gasteiger partial charge in [0.2, 0.25) is 0 Å². The normalized spacial score (nSPS) is 14.8. The lowest BCUT2D eigenvalue weighted by molar-refractivity contribution is -0.122. The van der Waals surface area contributed by atoms with Crippen LogP contribution in [0.15, 0.2) is 89.8 Å². The Labute approximate surface area is 213 Å². The van der Waals surface area contributed by atoms with E-state index in [1.54, 1.807) is 18.1 Å². The van der Waals surface area contributed by atoms with Crippen molar-refractivity contribution in [1.29, 1.82) is 0 Å². The minimum atomic E-state index is -0.284. The summed E-state index contributed by atoms with van der Waals surface area (Å²) in [6.07, 6.45) is 6.35. The number of carbonyl (C=O) groups excluding carboxylic acids is 1. The SMILES string of the molecule is COc1ccc(C2=N/C(=C\c3cn(C)c4ccccc34)C(=O)N2CCc2c[nH]c3cc(F)ccc23)cc1. The van der Waals surface area contributed by atoms with E-state index in [9.17, 15) is 9.18 Å². The molecule has 6 nitrogen and oxygen atoms in total. The molecular weight excluding hydrogens is 467 g/mol. The number of rotatable bonds is 6. The van der Waals surface area contributed by atoms with E-state index in [0.717, 1.165) is 44.2 Å². The number of benzene rings is 3. The first-order valence-electron chi connectivity index (χ1n) is 12.1. The lowest BCUT2D eigenvalue weighted by Crippen LogP contribution is -2.34. The van der Waals surface area contributed by atoms with Crippen LogP contribution in [-0.2, 0) is 18.3 Å². The van der Waals surface area contributed by atoms with Crippen molar-refractivity contribution in [2.24, 2.45) is 12.0 Å². The van der Waals surface area contributed by atoms with Gasteiger partial charge < -0.3 is 14.3 Å². The second kappa shape index (κ2) is 9.09. The highest BCUT2D eigenvalue weighted by molar-refractivity contribution is 6.20. The van der Waals surface area contributed by atoms with Gasteiger partial charge >= 0.3 is 0 Å². The molecule has 2 aromatic heterocycles. The number of nitrogens with one attached hydrogen (secondary N) is 1. The van der Waals surface area contributed by atoms with Gasteiger partial charge in [-0.15, -0.1) is 0 Å². The van der Waals surface area contributed by atoms with Gasteiger partial charge in [0.05, 0.1) is 7.11 Å². The third kappa shape index (κ3) is 4.08. The lowest BCUT2D eigenvalue weighted by Gasteiger charge is -2.18. The zero-order valence-corrected chi connectivity index (χ0v) is 20.5. The molecule has 7 heteroatoms. The van der Waals surface area contributed by atoms with E-state index in [-0.39, 0.29) is 11.7 Å². The molecule has 0 bridgehead atoms. The largest absolute Gasteiger partial charge is 0.497 e. The number of H-pyrrole nitrogens is 1. The van der Waals surface area contributed by atoms with Crippen molar-refractivity contribution in [1.82, 2.24) is 14.5 Å². The van der Waals surface area contributed by atoms with Crippen molar-refractivity contribution in [3.05, 3.63) is 107 Å². The molecule has 1 N–H and O–H groups in total. The summed E-state index contributed by atoms with van der Waals surface area (Å²) in [6, 6.07) is 20.3. The maximum Gasteiger partial charge on any atom is 0.278 e. The van der Waals surface area contributed by atoms with Gasteiger partial charge in [0.15, 0.2) is 0 Å². The number of aromatic nitrogens is 2. The predicted octanol–water partition coefficient (Wildman–Crippen LogP) is 5.68. The predicted molar refractivity (Wildman–Crippen MR) is 144 cm³/mol. The average molecular weight is 493 g/mol. The van der Waals surface area contributed by atoms with E-state index >= 15 is 0 Å². The first-order valence-corrected chi connectivity index (χ1v) is 12.1. The van der Waals surface area contributed by atoms with Crippen molar-refractivity contribution in [3.8, 4) is 5.75 Å². The molecule has 0 unspecified atom stereocenters. The molecule has 3 aromatic carbocycles. The molecule has 6 rings (SSSR count). The van der Waals surface area contributed by atoms with Crippen LogP contribution in [-0.4, -0.2) is 39.8 Å². The Morgan fingerprint density at radius 2 is 1.86 bits per heavy atom. The molecule has 0 radical (unpaired) electrons. The van der Waals surface area contributed by atoms with Crippen LogP contribution in [0.3, 0.4) is 0 Å². The lowest BCUT2D eigenvalue weighted by atomic mass is 10.1. The maximum absolute atomic E-state index is 13.7. The molecule has 0 saturated carbocycles. The van der Waals surface area contributed by atoms with Crippen LogP contribution in [0.5, 0.6) is 5.75 Å². The third-order valence-corrected chi connectivity index (χ3v) is 6.85. The van der Waals surface area contributed by atoms with Gasteiger partial charge in [0.1, 0.15) is 23.1 Å². The van der Waals surface area contributed by atoms with Crippen LogP contribution in [0.25, 0.3) is 27.9 Å². The minimum absolute atomic E-state index is 0.148. The number of methoxy groups -OCH3 is 1. The smallest absolute Gasteiger partial charge is 0.278 e. The zero-order valence-electron chi connectivity index (χ0n) is 20.5. The van der Waals surface area contributed by atoms with Gasteiger partial charge in [-0.05, 0) is 66.6 Å². The molecule has 37 heavy (non-hydrogen) atoms. The van der Waals surface area contributed by atoms with E-state index in [1.165, 1.54) is 12.1 Å². The Kier molecular flexibility index (Phi) is 5.60. The minimum Gasteiger partial charge on any atom is -0.497 e. The second-order valence-corrected chi connectivity index (χ2v) is 9.12.